The van der Waals surface area contributed by atoms with E-state index < -0.39 is 13.9 Å². The standard InChI is InChI=1S/C32H43N3O3Si/c1-31(2,3)39(7,8)38-26-14-10-9-13-25(26)35-30(36)24-19-22(18-21-15-16-27(37-6)34-20-21)23-12-11-17-33-29(23)28(24)32(35,4)5/h11-12,15-17,19-20,25-26H,9-10,13-14,18H2,1-8H3/t25-,26-/m0/s1. The quantitative estimate of drug-likeness (QED) is 0.305. The summed E-state index contributed by atoms with van der Waals surface area (Å²) in [6.45, 7) is 15.9. The predicted octanol–water partition coefficient (Wildman–Crippen LogP) is 7.25. The van der Waals surface area contributed by atoms with Crippen molar-refractivity contribution >= 4 is 25.1 Å². The summed E-state index contributed by atoms with van der Waals surface area (Å²) in [6, 6.07) is 10.2. The molecule has 0 unspecified atom stereocenters. The normalized spacial score (nSPS) is 21.3. The molecule has 208 valence electrons. The third-order valence-corrected chi connectivity index (χ3v) is 13.8. The van der Waals surface area contributed by atoms with Gasteiger partial charge in [-0.2, -0.15) is 0 Å². The number of hydrogen-bond donors (Lipinski definition) is 0. The molecule has 1 amide bonds. The van der Waals surface area contributed by atoms with Gasteiger partial charge in [-0.25, -0.2) is 4.98 Å². The minimum Gasteiger partial charge on any atom is -0.481 e. The summed E-state index contributed by atoms with van der Waals surface area (Å²) in [5.41, 5.74) is 4.40. The lowest BCUT2D eigenvalue weighted by Crippen LogP contribution is -2.56. The van der Waals surface area contributed by atoms with Crippen molar-refractivity contribution in [2.45, 2.75) is 103 Å². The maximum Gasteiger partial charge on any atom is 0.255 e. The van der Waals surface area contributed by atoms with Gasteiger partial charge in [0.15, 0.2) is 8.32 Å². The number of amides is 1. The summed E-state index contributed by atoms with van der Waals surface area (Å²) in [5, 5.41) is 1.21. The van der Waals surface area contributed by atoms with Gasteiger partial charge in [0.2, 0.25) is 5.88 Å². The van der Waals surface area contributed by atoms with Crippen LogP contribution in [-0.4, -0.2) is 48.3 Å². The molecule has 7 heteroatoms. The van der Waals surface area contributed by atoms with Crippen LogP contribution in [0.15, 0.2) is 42.7 Å². The van der Waals surface area contributed by atoms with Gasteiger partial charge in [-0.15, -0.1) is 0 Å². The summed E-state index contributed by atoms with van der Waals surface area (Å²) in [7, 11) is -0.381. The van der Waals surface area contributed by atoms with Gasteiger partial charge in [-0.05, 0) is 74.5 Å². The molecule has 1 aliphatic heterocycles. The summed E-state index contributed by atoms with van der Waals surface area (Å²) in [5.74, 6) is 0.696. The summed E-state index contributed by atoms with van der Waals surface area (Å²) < 4.78 is 12.3. The summed E-state index contributed by atoms with van der Waals surface area (Å²) in [4.78, 5) is 25.8. The Kier molecular flexibility index (Phi) is 7.13. The molecule has 3 aromatic rings. The van der Waals surface area contributed by atoms with Crippen LogP contribution in [0.4, 0.5) is 0 Å². The topological polar surface area (TPSA) is 64.6 Å². The van der Waals surface area contributed by atoms with Crippen molar-refractivity contribution in [3.8, 4) is 5.88 Å². The SMILES string of the molecule is COc1ccc(Cc2cc3c(c4ncccc24)C(C)(C)N([C@H]2CCCC[C@@H]2O[Si](C)(C)C(C)(C)C)C3=O)cn1. The molecule has 2 aromatic heterocycles. The number of nitrogens with zero attached hydrogens (tertiary/aromatic N) is 3. The number of aromatic nitrogens is 2. The van der Waals surface area contributed by atoms with Gasteiger partial charge < -0.3 is 14.1 Å². The minimum atomic E-state index is -2.00. The van der Waals surface area contributed by atoms with E-state index in [9.17, 15) is 4.79 Å². The lowest BCUT2D eigenvalue weighted by molar-refractivity contribution is -0.00678. The van der Waals surface area contributed by atoms with Gasteiger partial charge in [0.05, 0.1) is 30.3 Å². The second kappa shape index (κ2) is 10.0. The smallest absolute Gasteiger partial charge is 0.255 e. The van der Waals surface area contributed by atoms with Crippen molar-refractivity contribution in [3.63, 3.8) is 0 Å². The van der Waals surface area contributed by atoms with Gasteiger partial charge in [-0.1, -0.05) is 45.7 Å². The molecule has 0 spiro atoms. The van der Waals surface area contributed by atoms with Crippen LogP contribution in [0.5, 0.6) is 5.88 Å². The number of pyridine rings is 2. The molecular formula is C32H43N3O3Si. The molecule has 0 N–H and O–H groups in total. The second-order valence-electron chi connectivity index (χ2n) is 13.2. The highest BCUT2D eigenvalue weighted by atomic mass is 28.4. The van der Waals surface area contributed by atoms with Crippen LogP contribution in [0.1, 0.15) is 87.4 Å². The molecule has 0 radical (unpaired) electrons. The highest BCUT2D eigenvalue weighted by Gasteiger charge is 2.51. The number of hydrogen-bond acceptors (Lipinski definition) is 5. The monoisotopic (exact) mass is 545 g/mol. The first-order chi connectivity index (χ1) is 18.3. The van der Waals surface area contributed by atoms with E-state index in [-0.39, 0.29) is 23.1 Å². The van der Waals surface area contributed by atoms with Gasteiger partial charge in [0, 0.05) is 35.0 Å². The van der Waals surface area contributed by atoms with Gasteiger partial charge in [-0.3, -0.25) is 9.78 Å². The average Bonchev–Trinajstić information content (AvgIpc) is 3.08. The Bertz CT molecular complexity index is 1380. The van der Waals surface area contributed by atoms with Crippen LogP contribution in [0.2, 0.25) is 18.1 Å². The van der Waals surface area contributed by atoms with Gasteiger partial charge in [0.25, 0.3) is 5.91 Å². The molecule has 39 heavy (non-hydrogen) atoms. The van der Waals surface area contributed by atoms with E-state index in [1.54, 1.807) is 7.11 Å². The molecule has 0 saturated heterocycles. The molecule has 1 aromatic carbocycles. The fourth-order valence-corrected chi connectivity index (χ4v) is 7.63. The number of ether oxygens (including phenoxy) is 1. The molecule has 6 nitrogen and oxygen atoms in total. The molecule has 1 fully saturated rings. The molecule has 2 atom stereocenters. The first kappa shape index (κ1) is 27.8. The fourth-order valence-electron chi connectivity index (χ4n) is 6.24. The van der Waals surface area contributed by atoms with Crippen molar-refractivity contribution < 1.29 is 14.0 Å². The van der Waals surface area contributed by atoms with Crippen LogP contribution in [0, 0.1) is 0 Å². The number of benzene rings is 1. The average molecular weight is 546 g/mol. The lowest BCUT2D eigenvalue weighted by atomic mass is 9.85. The Balaban J connectivity index is 1.56. The fraction of sp³-hybridized carbons (Fsp3) is 0.531. The van der Waals surface area contributed by atoms with Crippen molar-refractivity contribution in [1.29, 1.82) is 0 Å². The largest absolute Gasteiger partial charge is 0.481 e. The van der Waals surface area contributed by atoms with E-state index in [2.05, 4.69) is 69.7 Å². The van der Waals surface area contributed by atoms with Gasteiger partial charge in [0.1, 0.15) is 0 Å². The number of methoxy groups -OCH3 is 1. The Labute approximate surface area is 234 Å². The van der Waals surface area contributed by atoms with Crippen LogP contribution in [-0.2, 0) is 16.4 Å². The minimum absolute atomic E-state index is 0.0516. The lowest BCUT2D eigenvalue weighted by Gasteiger charge is -2.48. The van der Waals surface area contributed by atoms with E-state index in [0.717, 1.165) is 58.8 Å². The van der Waals surface area contributed by atoms with Crippen LogP contribution in [0.3, 0.4) is 0 Å². The van der Waals surface area contributed by atoms with Crippen molar-refractivity contribution in [2.75, 3.05) is 7.11 Å². The zero-order valence-electron chi connectivity index (χ0n) is 24.8. The third-order valence-electron chi connectivity index (χ3n) is 9.29. The third kappa shape index (κ3) is 4.88. The van der Waals surface area contributed by atoms with E-state index in [1.165, 1.54) is 0 Å². The van der Waals surface area contributed by atoms with Crippen molar-refractivity contribution in [2.24, 2.45) is 0 Å². The zero-order chi connectivity index (χ0) is 28.2. The second-order valence-corrected chi connectivity index (χ2v) is 18.0. The van der Waals surface area contributed by atoms with Crippen molar-refractivity contribution in [3.05, 3.63) is 65.0 Å². The highest BCUT2D eigenvalue weighted by molar-refractivity contribution is 6.74. The van der Waals surface area contributed by atoms with E-state index in [0.29, 0.717) is 12.3 Å². The van der Waals surface area contributed by atoms with Gasteiger partial charge >= 0.3 is 0 Å². The maximum absolute atomic E-state index is 14.4. The first-order valence-electron chi connectivity index (χ1n) is 14.3. The first-order valence-corrected chi connectivity index (χ1v) is 17.2. The summed E-state index contributed by atoms with van der Waals surface area (Å²) >= 11 is 0. The molecule has 1 aliphatic carbocycles. The van der Waals surface area contributed by atoms with Crippen molar-refractivity contribution in [1.82, 2.24) is 14.9 Å². The number of carbonyl (C=O) groups is 1. The molecule has 1 saturated carbocycles. The Morgan fingerprint density at radius 3 is 2.51 bits per heavy atom. The molecule has 0 bridgehead atoms. The predicted molar refractivity (Wildman–Crippen MR) is 159 cm³/mol. The summed E-state index contributed by atoms with van der Waals surface area (Å²) in [6.07, 6.45) is 8.65. The number of rotatable bonds is 6. The van der Waals surface area contributed by atoms with E-state index in [1.807, 2.05) is 30.6 Å². The highest BCUT2D eigenvalue weighted by Crippen LogP contribution is 2.48. The van der Waals surface area contributed by atoms with Crippen LogP contribution in [0.25, 0.3) is 10.9 Å². The van der Waals surface area contributed by atoms with Crippen LogP contribution >= 0.6 is 0 Å². The van der Waals surface area contributed by atoms with E-state index in [4.69, 9.17) is 14.1 Å². The molecular weight excluding hydrogens is 502 g/mol. The number of carbonyl (C=O) groups excluding carboxylic acids is 1. The van der Waals surface area contributed by atoms with E-state index >= 15 is 0 Å². The molecule has 5 rings (SSSR count). The van der Waals surface area contributed by atoms with Crippen LogP contribution < -0.4 is 4.74 Å². The number of fused-ring (bicyclic) bond motifs is 3. The molecule has 3 heterocycles. The molecule has 2 aliphatic rings. The zero-order valence-corrected chi connectivity index (χ0v) is 25.8. The Hall–Kier alpha value is -2.77. The maximum atomic E-state index is 14.4. The Morgan fingerprint density at radius 2 is 1.85 bits per heavy atom. The Morgan fingerprint density at radius 1 is 1.10 bits per heavy atom.